The molecule has 1 N–H and O–H groups in total. The molecule has 2 rings (SSSR count). The van der Waals surface area contributed by atoms with Crippen molar-refractivity contribution in [2.75, 3.05) is 18.5 Å². The molecular weight excluding hydrogens is 332 g/mol. The molecule has 0 spiro atoms. The van der Waals surface area contributed by atoms with Gasteiger partial charge in [0, 0.05) is 12.6 Å². The van der Waals surface area contributed by atoms with E-state index in [0.717, 1.165) is 4.90 Å². The Bertz CT molecular complexity index is 695. The van der Waals surface area contributed by atoms with Gasteiger partial charge in [0.2, 0.25) is 5.91 Å². The Morgan fingerprint density at radius 1 is 1.21 bits per heavy atom. The summed E-state index contributed by atoms with van der Waals surface area (Å²) >= 11 is 6.08. The first-order valence-corrected chi connectivity index (χ1v) is 7.94. The van der Waals surface area contributed by atoms with Gasteiger partial charge in [-0.3, -0.25) is 19.3 Å². The van der Waals surface area contributed by atoms with Crippen molar-refractivity contribution < 1.29 is 19.1 Å². The SMILES string of the molecule is CC(=O)Nc1ccc(C2=C(Cl)C(=O)N(CCOC(C)C)C2=O)cc1. The monoisotopic (exact) mass is 350 g/mol. The summed E-state index contributed by atoms with van der Waals surface area (Å²) in [4.78, 5) is 36.8. The molecule has 1 aliphatic rings. The minimum absolute atomic E-state index is 0.0158. The van der Waals surface area contributed by atoms with Crippen molar-refractivity contribution in [1.82, 2.24) is 4.90 Å². The van der Waals surface area contributed by atoms with E-state index in [1.165, 1.54) is 6.92 Å². The number of halogens is 1. The highest BCUT2D eigenvalue weighted by molar-refractivity contribution is 6.55. The Morgan fingerprint density at radius 3 is 2.38 bits per heavy atom. The second kappa shape index (κ2) is 7.59. The van der Waals surface area contributed by atoms with Crippen molar-refractivity contribution >= 4 is 40.6 Å². The molecule has 1 aromatic rings. The van der Waals surface area contributed by atoms with E-state index >= 15 is 0 Å². The number of nitrogens with zero attached hydrogens (tertiary/aromatic N) is 1. The van der Waals surface area contributed by atoms with Gasteiger partial charge in [-0.15, -0.1) is 0 Å². The van der Waals surface area contributed by atoms with Crippen LogP contribution < -0.4 is 5.32 Å². The Hall–Kier alpha value is -2.18. The lowest BCUT2D eigenvalue weighted by Crippen LogP contribution is -2.34. The maximum atomic E-state index is 12.5. The number of ether oxygens (including phenoxy) is 1. The Kier molecular flexibility index (Phi) is 5.75. The van der Waals surface area contributed by atoms with Crippen LogP contribution in [-0.4, -0.2) is 41.9 Å². The number of carbonyl (C=O) groups excluding carboxylic acids is 3. The van der Waals surface area contributed by atoms with Crippen LogP contribution in [0.25, 0.3) is 5.57 Å². The lowest BCUT2D eigenvalue weighted by Gasteiger charge is -2.16. The van der Waals surface area contributed by atoms with Crippen LogP contribution in [0.1, 0.15) is 26.3 Å². The van der Waals surface area contributed by atoms with E-state index < -0.39 is 11.8 Å². The van der Waals surface area contributed by atoms with Gasteiger partial charge in [0.25, 0.3) is 11.8 Å². The molecule has 1 aliphatic heterocycles. The molecule has 24 heavy (non-hydrogen) atoms. The Balaban J connectivity index is 2.16. The summed E-state index contributed by atoms with van der Waals surface area (Å²) in [5.74, 6) is -1.15. The van der Waals surface area contributed by atoms with E-state index in [1.807, 2.05) is 13.8 Å². The summed E-state index contributed by atoms with van der Waals surface area (Å²) in [6, 6.07) is 6.58. The van der Waals surface area contributed by atoms with E-state index in [1.54, 1.807) is 24.3 Å². The number of imide groups is 1. The van der Waals surface area contributed by atoms with E-state index in [-0.39, 0.29) is 35.8 Å². The molecule has 0 atom stereocenters. The molecule has 6 nitrogen and oxygen atoms in total. The molecule has 0 saturated carbocycles. The topological polar surface area (TPSA) is 75.7 Å². The smallest absolute Gasteiger partial charge is 0.273 e. The lowest BCUT2D eigenvalue weighted by atomic mass is 10.1. The number of benzene rings is 1. The number of anilines is 1. The number of rotatable bonds is 6. The standard InChI is InChI=1S/C17H19ClN2O4/c1-10(2)24-9-8-20-16(22)14(15(18)17(20)23)12-4-6-13(7-5-12)19-11(3)21/h4-7,10H,8-9H2,1-3H3,(H,19,21). The van der Waals surface area contributed by atoms with Crippen LogP contribution in [0, 0.1) is 0 Å². The predicted molar refractivity (Wildman–Crippen MR) is 91.3 cm³/mol. The third-order valence-corrected chi connectivity index (χ3v) is 3.72. The normalized spacial score (nSPS) is 14.8. The van der Waals surface area contributed by atoms with E-state index in [4.69, 9.17) is 16.3 Å². The number of amides is 3. The first kappa shape index (κ1) is 18.2. The van der Waals surface area contributed by atoms with Crippen LogP contribution in [0.3, 0.4) is 0 Å². The van der Waals surface area contributed by atoms with Gasteiger partial charge in [-0.2, -0.15) is 0 Å². The van der Waals surface area contributed by atoms with Crippen molar-refractivity contribution in [2.45, 2.75) is 26.9 Å². The van der Waals surface area contributed by atoms with Crippen molar-refractivity contribution in [3.63, 3.8) is 0 Å². The summed E-state index contributed by atoms with van der Waals surface area (Å²) in [6.07, 6.45) is 0.0158. The zero-order chi connectivity index (χ0) is 17.9. The van der Waals surface area contributed by atoms with Crippen molar-refractivity contribution in [1.29, 1.82) is 0 Å². The quantitative estimate of drug-likeness (QED) is 0.799. The molecular formula is C17H19ClN2O4. The minimum Gasteiger partial charge on any atom is -0.377 e. The summed E-state index contributed by atoms with van der Waals surface area (Å²) in [6.45, 7) is 5.57. The van der Waals surface area contributed by atoms with Gasteiger partial charge in [-0.25, -0.2) is 0 Å². The van der Waals surface area contributed by atoms with Crippen molar-refractivity contribution in [3.05, 3.63) is 34.9 Å². The molecule has 0 unspecified atom stereocenters. The lowest BCUT2D eigenvalue weighted by molar-refractivity contribution is -0.137. The van der Waals surface area contributed by atoms with Crippen LogP contribution in [-0.2, 0) is 19.1 Å². The number of nitrogens with one attached hydrogen (secondary N) is 1. The molecule has 128 valence electrons. The van der Waals surface area contributed by atoms with Gasteiger partial charge in [0.15, 0.2) is 0 Å². The Morgan fingerprint density at radius 2 is 1.83 bits per heavy atom. The molecule has 0 bridgehead atoms. The molecule has 1 aromatic carbocycles. The molecule has 0 aromatic heterocycles. The third kappa shape index (κ3) is 4.01. The number of hydrogen-bond acceptors (Lipinski definition) is 4. The average molecular weight is 351 g/mol. The van der Waals surface area contributed by atoms with Crippen LogP contribution in [0.5, 0.6) is 0 Å². The van der Waals surface area contributed by atoms with Gasteiger partial charge in [-0.1, -0.05) is 23.7 Å². The summed E-state index contributed by atoms with van der Waals surface area (Å²) < 4.78 is 5.38. The Labute approximate surface area is 145 Å². The van der Waals surface area contributed by atoms with Gasteiger partial charge >= 0.3 is 0 Å². The largest absolute Gasteiger partial charge is 0.377 e. The maximum Gasteiger partial charge on any atom is 0.273 e. The molecule has 0 aliphatic carbocycles. The van der Waals surface area contributed by atoms with Gasteiger partial charge in [-0.05, 0) is 31.5 Å². The summed E-state index contributed by atoms with van der Waals surface area (Å²) in [5.41, 5.74) is 1.29. The first-order valence-electron chi connectivity index (χ1n) is 7.57. The molecule has 1 heterocycles. The highest BCUT2D eigenvalue weighted by Crippen LogP contribution is 2.32. The summed E-state index contributed by atoms with van der Waals surface area (Å²) in [7, 11) is 0. The minimum atomic E-state index is -0.519. The second-order valence-corrected chi connectivity index (χ2v) is 6.01. The van der Waals surface area contributed by atoms with Crippen molar-refractivity contribution in [2.24, 2.45) is 0 Å². The van der Waals surface area contributed by atoms with Crippen LogP contribution in [0.4, 0.5) is 5.69 Å². The molecule has 3 amide bonds. The van der Waals surface area contributed by atoms with E-state index in [2.05, 4.69) is 5.32 Å². The van der Waals surface area contributed by atoms with Crippen LogP contribution in [0.2, 0.25) is 0 Å². The zero-order valence-electron chi connectivity index (χ0n) is 13.8. The molecule has 0 saturated heterocycles. The summed E-state index contributed by atoms with van der Waals surface area (Å²) in [5, 5.41) is 2.53. The predicted octanol–water partition coefficient (Wildman–Crippen LogP) is 2.39. The van der Waals surface area contributed by atoms with Crippen LogP contribution in [0.15, 0.2) is 29.3 Å². The van der Waals surface area contributed by atoms with Gasteiger partial charge in [0.05, 0.1) is 24.8 Å². The fourth-order valence-corrected chi connectivity index (χ4v) is 2.59. The highest BCUT2D eigenvalue weighted by Gasteiger charge is 2.37. The fourth-order valence-electron chi connectivity index (χ4n) is 2.30. The van der Waals surface area contributed by atoms with Crippen molar-refractivity contribution in [3.8, 4) is 0 Å². The van der Waals surface area contributed by atoms with E-state index in [9.17, 15) is 14.4 Å². The fraction of sp³-hybridized carbons (Fsp3) is 0.353. The molecule has 0 fully saturated rings. The molecule has 0 radical (unpaired) electrons. The molecule has 7 heteroatoms. The van der Waals surface area contributed by atoms with E-state index in [0.29, 0.717) is 11.3 Å². The average Bonchev–Trinajstić information content (AvgIpc) is 2.71. The van der Waals surface area contributed by atoms with Gasteiger partial charge < -0.3 is 10.1 Å². The zero-order valence-corrected chi connectivity index (χ0v) is 14.5. The van der Waals surface area contributed by atoms with Crippen LogP contribution >= 0.6 is 11.6 Å². The van der Waals surface area contributed by atoms with Gasteiger partial charge in [0.1, 0.15) is 5.03 Å². The maximum absolute atomic E-state index is 12.5. The highest BCUT2D eigenvalue weighted by atomic mass is 35.5. The number of hydrogen-bond donors (Lipinski definition) is 1. The number of carbonyl (C=O) groups is 3. The second-order valence-electron chi connectivity index (χ2n) is 5.63. The third-order valence-electron chi connectivity index (χ3n) is 3.37. The first-order chi connectivity index (χ1) is 11.3.